The van der Waals surface area contributed by atoms with Crippen LogP contribution in [0.15, 0.2) is 54.6 Å². The molecule has 0 atom stereocenters. The molecule has 2 aromatic carbocycles. The number of ether oxygens (including phenoxy) is 2. The zero-order chi connectivity index (χ0) is 29.0. The van der Waals surface area contributed by atoms with Crippen LogP contribution in [-0.4, -0.2) is 37.6 Å². The summed E-state index contributed by atoms with van der Waals surface area (Å²) in [4.78, 5) is 7.44. The zero-order valence-electron chi connectivity index (χ0n) is 25.6. The number of rotatable bonds is 17. The molecule has 1 aromatic heterocycles. The molecule has 0 unspecified atom stereocenters. The van der Waals surface area contributed by atoms with Gasteiger partial charge in [-0.2, -0.15) is 0 Å². The van der Waals surface area contributed by atoms with Gasteiger partial charge in [-0.3, -0.25) is 0 Å². The number of aryl methyl sites for hydroxylation is 1. The molecule has 0 aliphatic heterocycles. The van der Waals surface area contributed by atoms with Crippen LogP contribution >= 0.6 is 0 Å². The maximum atomic E-state index is 16.1. The number of aromatic nitrogens is 1. The summed E-state index contributed by atoms with van der Waals surface area (Å²) in [6.07, 6.45) is 7.34. The van der Waals surface area contributed by atoms with Gasteiger partial charge in [0, 0.05) is 0 Å². The fourth-order valence-electron chi connectivity index (χ4n) is 5.53. The van der Waals surface area contributed by atoms with E-state index in [2.05, 4.69) is 56.0 Å². The summed E-state index contributed by atoms with van der Waals surface area (Å²) in [5, 5.41) is 0. The molecule has 3 aromatic rings. The number of anilines is 1. The van der Waals surface area contributed by atoms with E-state index < -0.39 is 18.4 Å². The Labute approximate surface area is 246 Å². The summed E-state index contributed by atoms with van der Waals surface area (Å²) >= 11 is -2.88. The number of halogens is 1. The van der Waals surface area contributed by atoms with E-state index in [-0.39, 0.29) is 5.82 Å². The molecule has 6 heteroatoms. The van der Waals surface area contributed by atoms with Gasteiger partial charge in [-0.15, -0.1) is 0 Å². The molecule has 0 radical (unpaired) electrons. The molecule has 0 saturated heterocycles. The molecule has 0 saturated carbocycles. The first-order valence-corrected chi connectivity index (χ1v) is 22.6. The Bertz CT molecular complexity index is 1100. The molecular weight excluding hydrogens is 606 g/mol. The van der Waals surface area contributed by atoms with Gasteiger partial charge in [-0.05, 0) is 0 Å². The third-order valence-electron chi connectivity index (χ3n) is 8.06. The normalized spacial score (nSPS) is 11.5. The average Bonchev–Trinajstić information content (AvgIpc) is 2.98. The Morgan fingerprint density at radius 2 is 1.15 bits per heavy atom. The van der Waals surface area contributed by atoms with E-state index in [0.29, 0.717) is 18.9 Å². The van der Waals surface area contributed by atoms with E-state index in [1.54, 1.807) is 14.2 Å². The topological polar surface area (TPSA) is 34.6 Å². The van der Waals surface area contributed by atoms with Gasteiger partial charge in [0.1, 0.15) is 0 Å². The van der Waals surface area contributed by atoms with Crippen molar-refractivity contribution in [3.05, 3.63) is 77.1 Å². The van der Waals surface area contributed by atoms with Crippen LogP contribution in [0.2, 0.25) is 13.3 Å². The summed E-state index contributed by atoms with van der Waals surface area (Å²) in [7, 11) is 3.35. The molecule has 0 aliphatic carbocycles. The Morgan fingerprint density at radius 3 is 1.52 bits per heavy atom. The van der Waals surface area contributed by atoms with Gasteiger partial charge < -0.3 is 0 Å². The Hall–Kier alpha value is -2.28. The zero-order valence-corrected chi connectivity index (χ0v) is 28.4. The predicted molar refractivity (Wildman–Crippen MR) is 169 cm³/mol. The van der Waals surface area contributed by atoms with Crippen LogP contribution < -0.4 is 18.1 Å². The van der Waals surface area contributed by atoms with Crippen LogP contribution in [0.25, 0.3) is 0 Å². The first-order valence-electron chi connectivity index (χ1n) is 15.1. The first-order chi connectivity index (χ1) is 19.4. The number of nitrogens with zero attached hydrogens (tertiary/aromatic N) is 2. The van der Waals surface area contributed by atoms with Gasteiger partial charge in [-0.1, -0.05) is 0 Å². The average molecular weight is 655 g/mol. The van der Waals surface area contributed by atoms with Crippen molar-refractivity contribution < 1.29 is 13.9 Å². The van der Waals surface area contributed by atoms with Gasteiger partial charge in [-0.25, -0.2) is 0 Å². The van der Waals surface area contributed by atoms with Crippen molar-refractivity contribution in [1.29, 1.82) is 0 Å². The number of hydrogen-bond donors (Lipinski definition) is 0. The fourth-order valence-corrected chi connectivity index (χ4v) is 21.2. The first kappa shape index (κ1) is 32.2. The number of unbranched alkanes of at least 4 members (excludes halogenated alkanes) is 3. The Morgan fingerprint density at radius 1 is 0.725 bits per heavy atom. The third kappa shape index (κ3) is 8.61. The van der Waals surface area contributed by atoms with Crippen molar-refractivity contribution >= 4 is 27.9 Å². The summed E-state index contributed by atoms with van der Waals surface area (Å²) < 4.78 is 32.0. The van der Waals surface area contributed by atoms with Gasteiger partial charge in [0.25, 0.3) is 0 Å². The quantitative estimate of drug-likeness (QED) is 0.136. The fraction of sp³-hybridized carbons (Fsp3) is 0.500. The van der Waals surface area contributed by atoms with Gasteiger partial charge in [0.05, 0.1) is 0 Å². The van der Waals surface area contributed by atoms with Crippen molar-refractivity contribution in [2.24, 2.45) is 0 Å². The van der Waals surface area contributed by atoms with Crippen LogP contribution in [0.3, 0.4) is 0 Å². The number of benzene rings is 2. The van der Waals surface area contributed by atoms with Crippen LogP contribution in [0.1, 0.15) is 76.0 Å². The predicted octanol–water partition coefficient (Wildman–Crippen LogP) is 8.81. The maximum absolute atomic E-state index is 16.1. The van der Waals surface area contributed by atoms with E-state index >= 15 is 4.39 Å². The van der Waals surface area contributed by atoms with Crippen LogP contribution in [0.4, 0.5) is 10.2 Å². The molecule has 218 valence electrons. The Kier molecular flexibility index (Phi) is 13.1. The summed E-state index contributed by atoms with van der Waals surface area (Å²) in [5.41, 5.74) is 2.91. The number of hydrogen-bond acceptors (Lipinski definition) is 4. The SMILES string of the molecule is CCC[CH2][Sn]([CH2]CCC)([CH2]CCC)[c]1cc(C)c(F)c(N(Cc2ccc(OC)cc2)Cc2ccc(OC)cc2)n1. The van der Waals surface area contributed by atoms with E-state index in [4.69, 9.17) is 14.5 Å². The van der Waals surface area contributed by atoms with E-state index in [0.717, 1.165) is 28.2 Å². The summed E-state index contributed by atoms with van der Waals surface area (Å²) in [6.45, 7) is 9.91. The van der Waals surface area contributed by atoms with Crippen molar-refractivity contribution in [3.8, 4) is 11.5 Å². The second-order valence-corrected chi connectivity index (χ2v) is 24.2. The molecule has 0 N–H and O–H groups in total. The monoisotopic (exact) mass is 656 g/mol. The number of methoxy groups -OCH3 is 2. The Balaban J connectivity index is 2.11. The molecule has 40 heavy (non-hydrogen) atoms. The van der Waals surface area contributed by atoms with Crippen molar-refractivity contribution in [2.75, 3.05) is 19.1 Å². The van der Waals surface area contributed by atoms with Gasteiger partial charge in [0.2, 0.25) is 0 Å². The van der Waals surface area contributed by atoms with Crippen molar-refractivity contribution in [3.63, 3.8) is 0 Å². The molecular formula is C34H49FN2O2Sn. The molecule has 1 heterocycles. The minimum atomic E-state index is -2.88. The number of pyridine rings is 1. The van der Waals surface area contributed by atoms with E-state index in [1.807, 2.05) is 31.2 Å². The van der Waals surface area contributed by atoms with Crippen LogP contribution in [0.5, 0.6) is 11.5 Å². The molecule has 0 aliphatic rings. The van der Waals surface area contributed by atoms with Crippen LogP contribution in [0, 0.1) is 12.7 Å². The minimum absolute atomic E-state index is 0.201. The molecule has 0 bridgehead atoms. The van der Waals surface area contributed by atoms with Crippen LogP contribution in [-0.2, 0) is 13.1 Å². The summed E-state index contributed by atoms with van der Waals surface area (Å²) in [5.74, 6) is 1.92. The third-order valence-corrected chi connectivity index (χ3v) is 23.1. The standard InChI is InChI=1S/C22H22FN2O2.3C4H9.Sn/c1-16-12-13-24-22(21(16)23)25(14-17-4-8-19(26-2)9-5-17)15-18-6-10-20(27-3)11-7-18;3*1-3-4-2;/h4-12H,14-15H2,1-3H3;3*1,3-4H2,2H3;. The second-order valence-electron chi connectivity index (χ2n) is 11.1. The van der Waals surface area contributed by atoms with Crippen molar-refractivity contribution in [2.45, 2.75) is 92.6 Å². The van der Waals surface area contributed by atoms with E-state index in [9.17, 15) is 0 Å². The molecule has 4 nitrogen and oxygen atoms in total. The van der Waals surface area contributed by atoms with E-state index in [1.165, 1.54) is 55.5 Å². The second kappa shape index (κ2) is 16.2. The van der Waals surface area contributed by atoms with Gasteiger partial charge in [0.15, 0.2) is 0 Å². The summed E-state index contributed by atoms with van der Waals surface area (Å²) in [6, 6.07) is 18.2. The van der Waals surface area contributed by atoms with Crippen molar-refractivity contribution in [1.82, 2.24) is 4.98 Å². The molecule has 0 spiro atoms. The molecule has 0 fully saturated rings. The van der Waals surface area contributed by atoms with Gasteiger partial charge >= 0.3 is 247 Å². The molecule has 0 amide bonds. The molecule has 3 rings (SSSR count).